The number of hydrogen-bond acceptors (Lipinski definition) is 3. The quantitative estimate of drug-likeness (QED) is 0.791. The Labute approximate surface area is 134 Å². The van der Waals surface area contributed by atoms with Gasteiger partial charge in [0.2, 0.25) is 0 Å². The van der Waals surface area contributed by atoms with Crippen molar-refractivity contribution < 1.29 is 4.74 Å². The molecule has 2 nitrogen and oxygen atoms in total. The van der Waals surface area contributed by atoms with Gasteiger partial charge in [-0.2, -0.15) is 0 Å². The Morgan fingerprint density at radius 3 is 2.38 bits per heavy atom. The van der Waals surface area contributed by atoms with E-state index in [4.69, 9.17) is 4.74 Å². The predicted molar refractivity (Wildman–Crippen MR) is 92.1 cm³/mol. The van der Waals surface area contributed by atoms with Crippen LogP contribution in [0.2, 0.25) is 0 Å². The molecular formula is C18H31NOS. The van der Waals surface area contributed by atoms with Crippen molar-refractivity contribution >= 4 is 11.3 Å². The number of nitrogens with one attached hydrogen (secondary N) is 1. The van der Waals surface area contributed by atoms with Crippen molar-refractivity contribution in [3.05, 3.63) is 21.9 Å². The number of ether oxygens (including phenoxy) is 1. The summed E-state index contributed by atoms with van der Waals surface area (Å²) in [5, 5.41) is 3.77. The maximum absolute atomic E-state index is 6.14. The third kappa shape index (κ3) is 3.88. The Morgan fingerprint density at radius 2 is 1.90 bits per heavy atom. The zero-order chi connectivity index (χ0) is 15.5. The van der Waals surface area contributed by atoms with Gasteiger partial charge in [0.1, 0.15) is 0 Å². The summed E-state index contributed by atoms with van der Waals surface area (Å²) in [6.07, 6.45) is 5.95. The maximum atomic E-state index is 6.14. The van der Waals surface area contributed by atoms with E-state index < -0.39 is 0 Å². The van der Waals surface area contributed by atoms with Crippen LogP contribution >= 0.6 is 11.3 Å². The summed E-state index contributed by atoms with van der Waals surface area (Å²) in [4.78, 5) is 2.82. The van der Waals surface area contributed by atoms with Crippen LogP contribution in [0.4, 0.5) is 0 Å². The van der Waals surface area contributed by atoms with Gasteiger partial charge in [0.25, 0.3) is 0 Å². The molecule has 1 fully saturated rings. The zero-order valence-electron chi connectivity index (χ0n) is 14.3. The Kier molecular flexibility index (Phi) is 5.50. The Hall–Kier alpha value is -0.380. The van der Waals surface area contributed by atoms with Gasteiger partial charge < -0.3 is 10.1 Å². The second kappa shape index (κ2) is 6.80. The van der Waals surface area contributed by atoms with Crippen molar-refractivity contribution in [3.8, 4) is 0 Å². The van der Waals surface area contributed by atoms with Gasteiger partial charge in [-0.05, 0) is 63.1 Å². The zero-order valence-corrected chi connectivity index (χ0v) is 15.1. The largest absolute Gasteiger partial charge is 0.376 e. The molecule has 2 rings (SSSR count). The summed E-state index contributed by atoms with van der Waals surface area (Å²) < 4.78 is 6.14. The molecule has 0 bridgehead atoms. The monoisotopic (exact) mass is 309 g/mol. The van der Waals surface area contributed by atoms with E-state index in [9.17, 15) is 0 Å². The van der Waals surface area contributed by atoms with Crippen molar-refractivity contribution in [1.29, 1.82) is 0 Å². The van der Waals surface area contributed by atoms with Crippen molar-refractivity contribution in [2.75, 3.05) is 13.7 Å². The summed E-state index contributed by atoms with van der Waals surface area (Å²) in [5.41, 5.74) is 0.421. The number of rotatable bonds is 6. The molecule has 1 atom stereocenters. The number of methoxy groups -OCH3 is 1. The first kappa shape index (κ1) is 17.0. The molecule has 1 heterocycles. The summed E-state index contributed by atoms with van der Waals surface area (Å²) in [5.74, 6) is 0. The number of thiophene rings is 1. The molecule has 0 aromatic carbocycles. The first-order chi connectivity index (χ1) is 9.92. The Balaban J connectivity index is 2.25. The van der Waals surface area contributed by atoms with Gasteiger partial charge >= 0.3 is 0 Å². The van der Waals surface area contributed by atoms with Crippen LogP contribution in [0.15, 0.2) is 12.1 Å². The third-order valence-electron chi connectivity index (χ3n) is 5.03. The van der Waals surface area contributed by atoms with Crippen LogP contribution < -0.4 is 5.32 Å². The molecule has 0 amide bonds. The van der Waals surface area contributed by atoms with E-state index >= 15 is 0 Å². The normalized spacial score (nSPS) is 22.1. The highest BCUT2D eigenvalue weighted by Crippen LogP contribution is 2.48. The van der Waals surface area contributed by atoms with Crippen molar-refractivity contribution in [2.24, 2.45) is 5.41 Å². The Bertz CT molecular complexity index is 442. The van der Waals surface area contributed by atoms with Crippen LogP contribution in [0.5, 0.6) is 0 Å². The molecular weight excluding hydrogens is 278 g/mol. The summed E-state index contributed by atoms with van der Waals surface area (Å²) in [6.45, 7) is 10.2. The van der Waals surface area contributed by atoms with Gasteiger partial charge in [0.05, 0.1) is 11.6 Å². The topological polar surface area (TPSA) is 21.3 Å². The minimum absolute atomic E-state index is 0.0397. The molecule has 0 spiro atoms. The van der Waals surface area contributed by atoms with Crippen LogP contribution in [0.3, 0.4) is 0 Å². The fourth-order valence-corrected chi connectivity index (χ4v) is 4.46. The van der Waals surface area contributed by atoms with E-state index in [-0.39, 0.29) is 5.60 Å². The van der Waals surface area contributed by atoms with E-state index in [1.165, 1.54) is 22.6 Å². The van der Waals surface area contributed by atoms with Gasteiger partial charge in [0, 0.05) is 16.9 Å². The second-order valence-corrected chi connectivity index (χ2v) is 8.59. The smallest absolute Gasteiger partial charge is 0.0880 e. The highest BCUT2D eigenvalue weighted by Gasteiger charge is 2.45. The van der Waals surface area contributed by atoms with Crippen LogP contribution in [0.1, 0.15) is 68.7 Å². The Morgan fingerprint density at radius 1 is 1.24 bits per heavy atom. The molecule has 0 saturated heterocycles. The van der Waals surface area contributed by atoms with Crippen LogP contribution in [-0.2, 0) is 4.74 Å². The van der Waals surface area contributed by atoms with E-state index in [0.29, 0.717) is 11.5 Å². The molecule has 1 aliphatic rings. The van der Waals surface area contributed by atoms with Gasteiger partial charge in [-0.15, -0.1) is 11.3 Å². The standard InChI is InChI=1S/C18H31NOS/c1-6-13-19-16(15-8-7-14(2)21-15)18(20-5)11-9-17(3,4)10-12-18/h7-8,16,19H,6,9-13H2,1-5H3. The highest BCUT2D eigenvalue weighted by atomic mass is 32.1. The van der Waals surface area contributed by atoms with E-state index in [2.05, 4.69) is 45.1 Å². The molecule has 120 valence electrons. The third-order valence-corrected chi connectivity index (χ3v) is 6.09. The predicted octanol–water partition coefficient (Wildman–Crippen LogP) is 5.08. The second-order valence-electron chi connectivity index (χ2n) is 7.27. The number of hydrogen-bond donors (Lipinski definition) is 1. The van der Waals surface area contributed by atoms with Crippen LogP contribution in [0.25, 0.3) is 0 Å². The average Bonchev–Trinajstić information content (AvgIpc) is 2.87. The highest BCUT2D eigenvalue weighted by molar-refractivity contribution is 7.12. The molecule has 0 aliphatic heterocycles. The van der Waals surface area contributed by atoms with Crippen molar-refractivity contribution in [3.63, 3.8) is 0 Å². The van der Waals surface area contributed by atoms with Crippen LogP contribution in [0, 0.1) is 12.3 Å². The molecule has 1 aromatic rings. The number of aryl methyl sites for hydroxylation is 1. The molecule has 1 N–H and O–H groups in total. The molecule has 1 aliphatic carbocycles. The summed E-state index contributed by atoms with van der Waals surface area (Å²) >= 11 is 1.91. The summed E-state index contributed by atoms with van der Waals surface area (Å²) in [6, 6.07) is 4.85. The molecule has 1 saturated carbocycles. The van der Waals surface area contributed by atoms with Gasteiger partial charge in [0.15, 0.2) is 0 Å². The fourth-order valence-electron chi connectivity index (χ4n) is 3.40. The molecule has 21 heavy (non-hydrogen) atoms. The lowest BCUT2D eigenvalue weighted by atomic mass is 9.68. The first-order valence-corrected chi connectivity index (χ1v) is 9.09. The first-order valence-electron chi connectivity index (χ1n) is 8.27. The SMILES string of the molecule is CCCNC(c1ccc(C)s1)C1(OC)CCC(C)(C)CC1. The summed E-state index contributed by atoms with van der Waals surface area (Å²) in [7, 11) is 1.90. The minimum atomic E-state index is -0.0397. The maximum Gasteiger partial charge on any atom is 0.0880 e. The molecule has 0 radical (unpaired) electrons. The van der Waals surface area contributed by atoms with Crippen molar-refractivity contribution in [2.45, 2.75) is 71.4 Å². The lowest BCUT2D eigenvalue weighted by Gasteiger charge is -2.47. The van der Waals surface area contributed by atoms with Gasteiger partial charge in [-0.1, -0.05) is 20.8 Å². The fraction of sp³-hybridized carbons (Fsp3) is 0.778. The van der Waals surface area contributed by atoms with E-state index in [1.54, 1.807) is 0 Å². The lowest BCUT2D eigenvalue weighted by Crippen LogP contribution is -2.49. The lowest BCUT2D eigenvalue weighted by molar-refractivity contribution is -0.0868. The molecule has 1 unspecified atom stereocenters. The molecule has 1 aromatic heterocycles. The molecule has 3 heteroatoms. The minimum Gasteiger partial charge on any atom is -0.376 e. The van der Waals surface area contributed by atoms with Crippen molar-refractivity contribution in [1.82, 2.24) is 5.32 Å². The van der Waals surface area contributed by atoms with Gasteiger partial charge in [-0.3, -0.25) is 0 Å². The van der Waals surface area contributed by atoms with E-state index in [0.717, 1.165) is 25.8 Å². The average molecular weight is 310 g/mol. The van der Waals surface area contributed by atoms with E-state index in [1.807, 2.05) is 18.4 Å². The van der Waals surface area contributed by atoms with Gasteiger partial charge in [-0.25, -0.2) is 0 Å². The van der Waals surface area contributed by atoms with Crippen LogP contribution in [-0.4, -0.2) is 19.3 Å².